The molecule has 21 heavy (non-hydrogen) atoms. The lowest BCUT2D eigenvalue weighted by Gasteiger charge is -2.21. The van der Waals surface area contributed by atoms with Crippen LogP contribution in [0.5, 0.6) is 0 Å². The van der Waals surface area contributed by atoms with Gasteiger partial charge in [-0.25, -0.2) is 0 Å². The van der Waals surface area contributed by atoms with E-state index in [1.807, 2.05) is 6.07 Å². The molecule has 2 N–H and O–H groups in total. The van der Waals surface area contributed by atoms with Crippen LogP contribution >= 0.6 is 0 Å². The molecule has 1 amide bonds. The molecule has 2 rings (SSSR count). The van der Waals surface area contributed by atoms with Crippen molar-refractivity contribution >= 4 is 17.3 Å². The lowest BCUT2D eigenvalue weighted by Crippen LogP contribution is -2.27. The number of nitrogens with two attached hydrogens (primary N) is 1. The van der Waals surface area contributed by atoms with Crippen molar-refractivity contribution in [1.29, 1.82) is 0 Å². The average Bonchev–Trinajstić information content (AvgIpc) is 2.90. The summed E-state index contributed by atoms with van der Waals surface area (Å²) in [5.74, 6) is -0.0398. The van der Waals surface area contributed by atoms with Gasteiger partial charge in [0.1, 0.15) is 12.2 Å². The SMILES string of the molecule is COC1CN(c2cc(C(=O)N(C)C)ccc2N)CC1OC. The Labute approximate surface area is 125 Å². The number of nitrogen functional groups attached to an aromatic ring is 1. The second-order valence-corrected chi connectivity index (χ2v) is 5.43. The van der Waals surface area contributed by atoms with Gasteiger partial charge in [-0.2, -0.15) is 0 Å². The van der Waals surface area contributed by atoms with E-state index in [-0.39, 0.29) is 18.1 Å². The van der Waals surface area contributed by atoms with Gasteiger partial charge in [0.05, 0.1) is 11.4 Å². The molecule has 0 spiro atoms. The number of methoxy groups -OCH3 is 2. The van der Waals surface area contributed by atoms with Gasteiger partial charge in [0.25, 0.3) is 5.91 Å². The summed E-state index contributed by atoms with van der Waals surface area (Å²) in [6.07, 6.45) is 0.00483. The highest BCUT2D eigenvalue weighted by atomic mass is 16.5. The fraction of sp³-hybridized carbons (Fsp3) is 0.533. The van der Waals surface area contributed by atoms with E-state index in [9.17, 15) is 4.79 Å². The first-order valence-corrected chi connectivity index (χ1v) is 6.89. The molecule has 1 saturated heterocycles. The summed E-state index contributed by atoms with van der Waals surface area (Å²) in [5, 5.41) is 0. The molecule has 1 aromatic carbocycles. The minimum Gasteiger partial charge on any atom is -0.397 e. The van der Waals surface area contributed by atoms with E-state index in [0.717, 1.165) is 5.69 Å². The van der Waals surface area contributed by atoms with Crippen LogP contribution in [0.1, 0.15) is 10.4 Å². The number of hydrogen-bond acceptors (Lipinski definition) is 5. The average molecular weight is 293 g/mol. The lowest BCUT2D eigenvalue weighted by molar-refractivity contribution is -0.00461. The highest BCUT2D eigenvalue weighted by Gasteiger charge is 2.34. The minimum absolute atomic E-state index is 0.00241. The molecule has 2 unspecified atom stereocenters. The van der Waals surface area contributed by atoms with Gasteiger partial charge in [-0.1, -0.05) is 0 Å². The van der Waals surface area contributed by atoms with Gasteiger partial charge in [-0.3, -0.25) is 4.79 Å². The van der Waals surface area contributed by atoms with Gasteiger partial charge < -0.3 is 25.0 Å². The van der Waals surface area contributed by atoms with Crippen LogP contribution in [0.15, 0.2) is 18.2 Å². The van der Waals surface area contributed by atoms with Crippen LogP contribution in [0, 0.1) is 0 Å². The Morgan fingerprint density at radius 1 is 1.24 bits per heavy atom. The number of anilines is 2. The molecule has 1 aromatic rings. The highest BCUT2D eigenvalue weighted by Crippen LogP contribution is 2.29. The van der Waals surface area contributed by atoms with Crippen molar-refractivity contribution in [2.24, 2.45) is 0 Å². The Hall–Kier alpha value is -1.79. The number of hydrogen-bond donors (Lipinski definition) is 1. The molecule has 0 saturated carbocycles. The van der Waals surface area contributed by atoms with E-state index in [2.05, 4.69) is 4.90 Å². The monoisotopic (exact) mass is 293 g/mol. The Bertz CT molecular complexity index is 507. The Kier molecular flexibility index (Phi) is 4.69. The first kappa shape index (κ1) is 15.6. The molecule has 1 aliphatic rings. The van der Waals surface area contributed by atoms with Gasteiger partial charge in [0, 0.05) is 47.0 Å². The summed E-state index contributed by atoms with van der Waals surface area (Å²) < 4.78 is 10.9. The summed E-state index contributed by atoms with van der Waals surface area (Å²) in [6.45, 7) is 1.39. The summed E-state index contributed by atoms with van der Waals surface area (Å²) in [6, 6.07) is 5.36. The van der Waals surface area contributed by atoms with Crippen molar-refractivity contribution in [2.75, 3.05) is 52.0 Å². The summed E-state index contributed by atoms with van der Waals surface area (Å²) in [5.41, 5.74) is 8.20. The van der Waals surface area contributed by atoms with E-state index in [0.29, 0.717) is 24.3 Å². The maximum atomic E-state index is 12.1. The van der Waals surface area contributed by atoms with Gasteiger partial charge in [-0.15, -0.1) is 0 Å². The molecular formula is C15H23N3O3. The normalized spacial score (nSPS) is 21.6. The summed E-state index contributed by atoms with van der Waals surface area (Å²) in [7, 11) is 6.82. The van der Waals surface area contributed by atoms with E-state index in [1.54, 1.807) is 45.3 Å². The molecular weight excluding hydrogens is 270 g/mol. The predicted octanol–water partition coefficient (Wildman–Crippen LogP) is 0.821. The maximum Gasteiger partial charge on any atom is 0.253 e. The molecule has 0 aromatic heterocycles. The number of rotatable bonds is 4. The number of amides is 1. The molecule has 6 heteroatoms. The van der Waals surface area contributed by atoms with Crippen molar-refractivity contribution in [1.82, 2.24) is 4.90 Å². The van der Waals surface area contributed by atoms with Crippen molar-refractivity contribution in [2.45, 2.75) is 12.2 Å². The first-order valence-electron chi connectivity index (χ1n) is 6.89. The molecule has 1 heterocycles. The van der Waals surface area contributed by atoms with Gasteiger partial charge in [0.2, 0.25) is 0 Å². The minimum atomic E-state index is -0.0398. The number of carbonyl (C=O) groups excluding carboxylic acids is 1. The third kappa shape index (κ3) is 3.11. The van der Waals surface area contributed by atoms with Crippen LogP contribution in [0.4, 0.5) is 11.4 Å². The zero-order valence-electron chi connectivity index (χ0n) is 13.0. The third-order valence-corrected chi connectivity index (χ3v) is 3.85. The Morgan fingerprint density at radius 3 is 2.29 bits per heavy atom. The molecule has 0 bridgehead atoms. The zero-order chi connectivity index (χ0) is 15.6. The molecule has 1 aliphatic heterocycles. The quantitative estimate of drug-likeness (QED) is 0.833. The van der Waals surface area contributed by atoms with Crippen molar-refractivity contribution in [3.05, 3.63) is 23.8 Å². The van der Waals surface area contributed by atoms with Gasteiger partial charge in [-0.05, 0) is 18.2 Å². The van der Waals surface area contributed by atoms with Gasteiger partial charge >= 0.3 is 0 Å². The highest BCUT2D eigenvalue weighted by molar-refractivity contribution is 5.96. The van der Waals surface area contributed by atoms with Crippen LogP contribution in [0.25, 0.3) is 0 Å². The number of nitrogens with zero attached hydrogens (tertiary/aromatic N) is 2. The molecule has 6 nitrogen and oxygen atoms in total. The second kappa shape index (κ2) is 6.32. The third-order valence-electron chi connectivity index (χ3n) is 3.85. The van der Waals surface area contributed by atoms with Crippen molar-refractivity contribution < 1.29 is 14.3 Å². The fourth-order valence-corrected chi connectivity index (χ4v) is 2.60. The molecule has 1 fully saturated rings. The topological polar surface area (TPSA) is 68.0 Å². The molecule has 0 aliphatic carbocycles. The van der Waals surface area contributed by atoms with Crippen LogP contribution in [0.3, 0.4) is 0 Å². The largest absolute Gasteiger partial charge is 0.397 e. The van der Waals surface area contributed by atoms with E-state index < -0.39 is 0 Å². The zero-order valence-corrected chi connectivity index (χ0v) is 13.0. The Morgan fingerprint density at radius 2 is 1.81 bits per heavy atom. The number of ether oxygens (including phenoxy) is 2. The smallest absolute Gasteiger partial charge is 0.253 e. The summed E-state index contributed by atoms with van der Waals surface area (Å²) >= 11 is 0. The molecule has 2 atom stereocenters. The lowest BCUT2D eigenvalue weighted by atomic mass is 10.1. The van der Waals surface area contributed by atoms with E-state index in [4.69, 9.17) is 15.2 Å². The van der Waals surface area contributed by atoms with E-state index in [1.165, 1.54) is 0 Å². The molecule has 116 valence electrons. The van der Waals surface area contributed by atoms with Crippen LogP contribution in [0.2, 0.25) is 0 Å². The molecule has 0 radical (unpaired) electrons. The second-order valence-electron chi connectivity index (χ2n) is 5.43. The van der Waals surface area contributed by atoms with Crippen LogP contribution < -0.4 is 10.6 Å². The number of carbonyl (C=O) groups is 1. The first-order chi connectivity index (χ1) is 9.97. The summed E-state index contributed by atoms with van der Waals surface area (Å²) in [4.78, 5) is 15.7. The van der Waals surface area contributed by atoms with Crippen LogP contribution in [-0.4, -0.2) is 64.4 Å². The fourth-order valence-electron chi connectivity index (χ4n) is 2.60. The van der Waals surface area contributed by atoms with Crippen molar-refractivity contribution in [3.63, 3.8) is 0 Å². The van der Waals surface area contributed by atoms with E-state index >= 15 is 0 Å². The predicted molar refractivity (Wildman–Crippen MR) is 82.7 cm³/mol. The van der Waals surface area contributed by atoms with Gasteiger partial charge in [0.15, 0.2) is 0 Å². The standard InChI is InChI=1S/C15H23N3O3/c1-17(2)15(19)10-5-6-11(16)12(7-10)18-8-13(20-3)14(9-18)21-4/h5-7,13-14H,8-9,16H2,1-4H3. The maximum absolute atomic E-state index is 12.1. The van der Waals surface area contributed by atoms with Crippen LogP contribution in [-0.2, 0) is 9.47 Å². The van der Waals surface area contributed by atoms with Crippen molar-refractivity contribution in [3.8, 4) is 0 Å². The number of benzene rings is 1. The Balaban J connectivity index is 2.28.